The molecule has 1 fully saturated rings. The highest BCUT2D eigenvalue weighted by Crippen LogP contribution is 2.20. The Morgan fingerprint density at radius 3 is 2.61 bits per heavy atom. The average molecular weight is 378 g/mol. The summed E-state index contributed by atoms with van der Waals surface area (Å²) in [6.07, 6.45) is 3.65. The molecule has 1 aliphatic rings. The molecule has 0 unspecified atom stereocenters. The second kappa shape index (κ2) is 7.72. The van der Waals surface area contributed by atoms with Crippen LogP contribution in [0, 0.1) is 5.92 Å². The van der Waals surface area contributed by atoms with Crippen molar-refractivity contribution in [1.29, 1.82) is 0 Å². The first-order chi connectivity index (χ1) is 13.6. The zero-order valence-corrected chi connectivity index (χ0v) is 15.6. The third-order valence-corrected chi connectivity index (χ3v) is 5.06. The zero-order valence-electron chi connectivity index (χ0n) is 15.6. The molecule has 7 nitrogen and oxygen atoms in total. The van der Waals surface area contributed by atoms with Crippen LogP contribution in [0.15, 0.2) is 53.1 Å². The molecule has 1 saturated heterocycles. The first-order valence-electron chi connectivity index (χ1n) is 9.40. The van der Waals surface area contributed by atoms with Crippen LogP contribution in [-0.4, -0.2) is 40.0 Å². The lowest BCUT2D eigenvalue weighted by Crippen LogP contribution is -2.37. The van der Waals surface area contributed by atoms with Crippen molar-refractivity contribution in [2.45, 2.75) is 19.8 Å². The average Bonchev–Trinajstić information content (AvgIpc) is 3.40. The van der Waals surface area contributed by atoms with E-state index < -0.39 is 0 Å². The van der Waals surface area contributed by atoms with E-state index in [0.29, 0.717) is 28.6 Å². The molecular weight excluding hydrogens is 356 g/mol. The highest BCUT2D eigenvalue weighted by atomic mass is 16.3. The Bertz CT molecular complexity index is 952. The van der Waals surface area contributed by atoms with Crippen LogP contribution >= 0.6 is 0 Å². The summed E-state index contributed by atoms with van der Waals surface area (Å²) < 4.78 is 5.28. The molecule has 1 aromatic carbocycles. The summed E-state index contributed by atoms with van der Waals surface area (Å²) >= 11 is 0. The Labute approximate surface area is 162 Å². The van der Waals surface area contributed by atoms with E-state index in [1.165, 1.54) is 0 Å². The van der Waals surface area contributed by atoms with Gasteiger partial charge in [0.1, 0.15) is 5.69 Å². The number of likely N-dealkylation sites (tertiary alicyclic amines) is 1. The molecule has 2 N–H and O–H groups in total. The summed E-state index contributed by atoms with van der Waals surface area (Å²) in [5.74, 6) is 0.997. The maximum absolute atomic E-state index is 12.6. The number of furan rings is 1. The maximum atomic E-state index is 12.6. The molecule has 0 radical (unpaired) electrons. The minimum atomic E-state index is -0.335. The summed E-state index contributed by atoms with van der Waals surface area (Å²) in [6.45, 7) is 3.82. The Kier molecular flexibility index (Phi) is 4.97. The number of carbonyl (C=O) groups is 2. The van der Waals surface area contributed by atoms with Gasteiger partial charge in [0, 0.05) is 30.4 Å². The Morgan fingerprint density at radius 2 is 1.93 bits per heavy atom. The molecule has 0 spiro atoms. The first-order valence-corrected chi connectivity index (χ1v) is 9.40. The Hall–Kier alpha value is -3.35. The number of anilines is 1. The summed E-state index contributed by atoms with van der Waals surface area (Å²) in [5, 5.41) is 9.60. The van der Waals surface area contributed by atoms with Crippen molar-refractivity contribution in [1.82, 2.24) is 15.1 Å². The molecule has 0 atom stereocenters. The van der Waals surface area contributed by atoms with Crippen LogP contribution in [0.3, 0.4) is 0 Å². The minimum Gasteiger partial charge on any atom is -0.463 e. The van der Waals surface area contributed by atoms with Crippen LogP contribution in [-0.2, 0) is 0 Å². The molecule has 2 aromatic heterocycles. The molecule has 28 heavy (non-hydrogen) atoms. The first kappa shape index (κ1) is 18.0. The van der Waals surface area contributed by atoms with Gasteiger partial charge in [0.2, 0.25) is 0 Å². The van der Waals surface area contributed by atoms with E-state index in [-0.39, 0.29) is 17.5 Å². The van der Waals surface area contributed by atoms with Gasteiger partial charge in [-0.15, -0.1) is 0 Å². The van der Waals surface area contributed by atoms with Crippen molar-refractivity contribution in [3.05, 3.63) is 60.0 Å². The van der Waals surface area contributed by atoms with Gasteiger partial charge in [0.25, 0.3) is 11.8 Å². The highest BCUT2D eigenvalue weighted by molar-refractivity contribution is 6.03. The fourth-order valence-electron chi connectivity index (χ4n) is 3.28. The molecule has 2 amide bonds. The predicted molar refractivity (Wildman–Crippen MR) is 105 cm³/mol. The molecule has 0 saturated carbocycles. The van der Waals surface area contributed by atoms with Crippen molar-refractivity contribution in [3.8, 4) is 11.5 Å². The van der Waals surface area contributed by atoms with Gasteiger partial charge in [-0.3, -0.25) is 14.7 Å². The standard InChI is InChI=1S/C21H22N4O3/c1-14-8-10-25(11-9-14)21(27)15-4-6-16(7-5-15)22-20(26)18-13-17(23-24-18)19-3-2-12-28-19/h2-7,12-14H,8-11H2,1H3,(H,22,26)(H,23,24). The van der Waals surface area contributed by atoms with Crippen LogP contribution in [0.5, 0.6) is 0 Å². The number of nitrogens with zero attached hydrogens (tertiary/aromatic N) is 2. The molecular formula is C21H22N4O3. The molecule has 4 rings (SSSR count). The zero-order chi connectivity index (χ0) is 19.5. The lowest BCUT2D eigenvalue weighted by molar-refractivity contribution is 0.0697. The number of aromatic nitrogens is 2. The monoisotopic (exact) mass is 378 g/mol. The topological polar surface area (TPSA) is 91.2 Å². The van der Waals surface area contributed by atoms with Gasteiger partial charge in [-0.25, -0.2) is 0 Å². The van der Waals surface area contributed by atoms with Gasteiger partial charge in [-0.1, -0.05) is 6.92 Å². The number of nitrogens with one attached hydrogen (secondary N) is 2. The van der Waals surface area contributed by atoms with E-state index in [2.05, 4.69) is 22.4 Å². The second-order valence-electron chi connectivity index (χ2n) is 7.15. The van der Waals surface area contributed by atoms with Gasteiger partial charge in [0.15, 0.2) is 11.5 Å². The SMILES string of the molecule is CC1CCN(C(=O)c2ccc(NC(=O)c3cc(-c4ccco4)[nH]n3)cc2)CC1. The van der Waals surface area contributed by atoms with Crippen molar-refractivity contribution < 1.29 is 14.0 Å². The van der Waals surface area contributed by atoms with E-state index in [9.17, 15) is 9.59 Å². The third kappa shape index (κ3) is 3.83. The number of rotatable bonds is 4. The van der Waals surface area contributed by atoms with Gasteiger partial charge in [-0.2, -0.15) is 5.10 Å². The number of hydrogen-bond acceptors (Lipinski definition) is 4. The van der Waals surface area contributed by atoms with E-state index >= 15 is 0 Å². The largest absolute Gasteiger partial charge is 0.463 e. The number of carbonyl (C=O) groups excluding carboxylic acids is 2. The highest BCUT2D eigenvalue weighted by Gasteiger charge is 2.21. The fourth-order valence-corrected chi connectivity index (χ4v) is 3.28. The lowest BCUT2D eigenvalue weighted by atomic mass is 9.98. The smallest absolute Gasteiger partial charge is 0.276 e. The number of benzene rings is 1. The van der Waals surface area contributed by atoms with E-state index in [1.54, 1.807) is 48.7 Å². The van der Waals surface area contributed by atoms with Crippen LogP contribution in [0.25, 0.3) is 11.5 Å². The Balaban J connectivity index is 1.39. The van der Waals surface area contributed by atoms with Crippen LogP contribution in [0.2, 0.25) is 0 Å². The second-order valence-corrected chi connectivity index (χ2v) is 7.15. The van der Waals surface area contributed by atoms with E-state index in [1.807, 2.05) is 4.90 Å². The fraction of sp³-hybridized carbons (Fsp3) is 0.286. The van der Waals surface area contributed by atoms with Crippen LogP contribution < -0.4 is 5.32 Å². The quantitative estimate of drug-likeness (QED) is 0.722. The molecule has 0 aliphatic carbocycles. The number of aromatic amines is 1. The van der Waals surface area contributed by atoms with Gasteiger partial charge >= 0.3 is 0 Å². The maximum Gasteiger partial charge on any atom is 0.276 e. The lowest BCUT2D eigenvalue weighted by Gasteiger charge is -2.30. The normalized spacial score (nSPS) is 14.8. The van der Waals surface area contributed by atoms with Crippen molar-refractivity contribution in [2.75, 3.05) is 18.4 Å². The molecule has 3 heterocycles. The number of H-pyrrole nitrogens is 1. The third-order valence-electron chi connectivity index (χ3n) is 5.06. The summed E-state index contributed by atoms with van der Waals surface area (Å²) in [6, 6.07) is 12.1. The van der Waals surface area contributed by atoms with Crippen molar-refractivity contribution in [2.24, 2.45) is 5.92 Å². The molecule has 1 aliphatic heterocycles. The molecule has 0 bridgehead atoms. The van der Waals surface area contributed by atoms with Gasteiger partial charge < -0.3 is 14.6 Å². The number of hydrogen-bond donors (Lipinski definition) is 2. The summed E-state index contributed by atoms with van der Waals surface area (Å²) in [5.41, 5.74) is 2.13. The minimum absolute atomic E-state index is 0.0418. The molecule has 144 valence electrons. The van der Waals surface area contributed by atoms with Crippen LogP contribution in [0.1, 0.15) is 40.6 Å². The number of amides is 2. The summed E-state index contributed by atoms with van der Waals surface area (Å²) in [4.78, 5) is 26.9. The predicted octanol–water partition coefficient (Wildman–Crippen LogP) is 3.79. The van der Waals surface area contributed by atoms with Crippen molar-refractivity contribution in [3.63, 3.8) is 0 Å². The van der Waals surface area contributed by atoms with Gasteiger partial charge in [-0.05, 0) is 55.2 Å². The molecule has 3 aromatic rings. The Morgan fingerprint density at radius 1 is 1.18 bits per heavy atom. The van der Waals surface area contributed by atoms with E-state index in [4.69, 9.17) is 4.42 Å². The van der Waals surface area contributed by atoms with E-state index in [0.717, 1.165) is 25.9 Å². The summed E-state index contributed by atoms with van der Waals surface area (Å²) in [7, 11) is 0. The number of piperidine rings is 1. The van der Waals surface area contributed by atoms with Gasteiger partial charge in [0.05, 0.1) is 6.26 Å². The van der Waals surface area contributed by atoms with Crippen LogP contribution in [0.4, 0.5) is 5.69 Å². The van der Waals surface area contributed by atoms with Crippen molar-refractivity contribution >= 4 is 17.5 Å². The molecule has 7 heteroatoms.